The molecule has 0 aromatic heterocycles. The minimum absolute atomic E-state index is 0.0193. The van der Waals surface area contributed by atoms with E-state index in [9.17, 15) is 5.11 Å². The zero-order valence-electron chi connectivity index (χ0n) is 19.5. The van der Waals surface area contributed by atoms with E-state index in [2.05, 4.69) is 27.7 Å². The first-order chi connectivity index (χ1) is 13.8. The molecule has 1 aliphatic heterocycles. The van der Waals surface area contributed by atoms with E-state index in [1.54, 1.807) is 5.71 Å². The van der Waals surface area contributed by atoms with Crippen molar-refractivity contribution in [2.24, 2.45) is 57.2 Å². The summed E-state index contributed by atoms with van der Waals surface area (Å²) in [7, 11) is 0. The van der Waals surface area contributed by atoms with Gasteiger partial charge in [0.05, 0.1) is 6.10 Å². The number of aliphatic hydroxyl groups is 1. The highest BCUT2D eigenvalue weighted by Gasteiger charge is 2.60. The molecule has 0 spiro atoms. The Morgan fingerprint density at radius 3 is 2.45 bits per heavy atom. The summed E-state index contributed by atoms with van der Waals surface area (Å²) in [6.07, 6.45) is 14.6. The summed E-state index contributed by atoms with van der Waals surface area (Å²) >= 11 is 0. The second kappa shape index (κ2) is 7.35. The molecule has 0 radical (unpaired) electrons. The highest BCUT2D eigenvalue weighted by Crippen LogP contribution is 2.68. The molecule has 4 fully saturated rings. The standard InChI is InChI=1S/C27H45NO/c1-17-5-10-25(28-16-17)18(2)22-8-9-23-21-7-6-19-15-20(29)11-13-26(19,3)24(21)12-14-27(22,23)4/h17-24,29H,5-16H2,1-4H3/t17-,18-,19-,20-,21-,22+,23-,24-,26-,27+/m0/s1. The SMILES string of the molecule is C[C@H]1CCC([C@@H](C)[C@H]2CC[C@H]3[C@@H]4CC[C@H]5C[C@@H](O)CC[C@]5(C)[C@H]4CC[C@]23C)=NC1. The Kier molecular flexibility index (Phi) is 5.20. The van der Waals surface area contributed by atoms with Gasteiger partial charge in [0, 0.05) is 12.3 Å². The summed E-state index contributed by atoms with van der Waals surface area (Å²) in [6.45, 7) is 11.3. The van der Waals surface area contributed by atoms with E-state index in [0.717, 1.165) is 54.9 Å². The molecule has 2 heteroatoms. The third-order valence-electron chi connectivity index (χ3n) is 11.3. The van der Waals surface area contributed by atoms with Crippen molar-refractivity contribution >= 4 is 5.71 Å². The van der Waals surface area contributed by atoms with Crippen LogP contribution in [0.5, 0.6) is 0 Å². The zero-order valence-corrected chi connectivity index (χ0v) is 19.5. The van der Waals surface area contributed by atoms with Crippen LogP contribution in [0.25, 0.3) is 0 Å². The maximum Gasteiger partial charge on any atom is 0.0543 e. The minimum Gasteiger partial charge on any atom is -0.393 e. The molecule has 4 saturated carbocycles. The van der Waals surface area contributed by atoms with Gasteiger partial charge in [-0.05, 0) is 123 Å². The van der Waals surface area contributed by atoms with Crippen LogP contribution in [0.1, 0.15) is 98.3 Å². The van der Waals surface area contributed by atoms with Crippen LogP contribution in [0.15, 0.2) is 4.99 Å². The molecular weight excluding hydrogens is 354 g/mol. The molecule has 0 saturated heterocycles. The Bertz CT molecular complexity index is 657. The summed E-state index contributed by atoms with van der Waals surface area (Å²) < 4.78 is 0. The number of rotatable bonds is 2. The Hall–Kier alpha value is -0.370. The van der Waals surface area contributed by atoms with Crippen molar-refractivity contribution in [2.45, 2.75) is 104 Å². The lowest BCUT2D eigenvalue weighted by molar-refractivity contribution is -0.127. The van der Waals surface area contributed by atoms with E-state index in [4.69, 9.17) is 4.99 Å². The van der Waals surface area contributed by atoms with Gasteiger partial charge in [0.1, 0.15) is 0 Å². The van der Waals surface area contributed by atoms with Crippen LogP contribution in [-0.4, -0.2) is 23.5 Å². The average Bonchev–Trinajstić information content (AvgIpc) is 3.06. The highest BCUT2D eigenvalue weighted by molar-refractivity contribution is 5.87. The molecule has 4 aliphatic carbocycles. The highest BCUT2D eigenvalue weighted by atomic mass is 16.3. The monoisotopic (exact) mass is 399 g/mol. The van der Waals surface area contributed by atoms with Crippen LogP contribution in [0.4, 0.5) is 0 Å². The predicted molar refractivity (Wildman–Crippen MR) is 121 cm³/mol. The summed E-state index contributed by atoms with van der Waals surface area (Å²) in [6, 6.07) is 0. The van der Waals surface area contributed by atoms with E-state index in [0.29, 0.717) is 16.7 Å². The van der Waals surface area contributed by atoms with Crippen molar-refractivity contribution in [3.63, 3.8) is 0 Å². The predicted octanol–water partition coefficient (Wildman–Crippen LogP) is 6.51. The van der Waals surface area contributed by atoms with Gasteiger partial charge in [-0.15, -0.1) is 0 Å². The van der Waals surface area contributed by atoms with E-state index in [1.165, 1.54) is 57.8 Å². The molecular formula is C27H45NO. The van der Waals surface area contributed by atoms with Gasteiger partial charge in [0.2, 0.25) is 0 Å². The maximum absolute atomic E-state index is 10.3. The molecule has 5 aliphatic rings. The second-order valence-electron chi connectivity index (χ2n) is 12.6. The molecule has 5 rings (SSSR count). The van der Waals surface area contributed by atoms with Crippen LogP contribution in [0, 0.1) is 52.3 Å². The largest absolute Gasteiger partial charge is 0.393 e. The van der Waals surface area contributed by atoms with Crippen LogP contribution >= 0.6 is 0 Å². The number of hydrogen-bond donors (Lipinski definition) is 1. The van der Waals surface area contributed by atoms with Gasteiger partial charge in [0.25, 0.3) is 0 Å². The quantitative estimate of drug-likeness (QED) is 0.564. The minimum atomic E-state index is -0.0193. The molecule has 0 aromatic carbocycles. The van der Waals surface area contributed by atoms with E-state index in [-0.39, 0.29) is 6.10 Å². The fourth-order valence-corrected chi connectivity index (χ4v) is 9.54. The van der Waals surface area contributed by atoms with Crippen molar-refractivity contribution in [1.82, 2.24) is 0 Å². The molecule has 2 nitrogen and oxygen atoms in total. The maximum atomic E-state index is 10.3. The number of nitrogens with zero attached hydrogens (tertiary/aromatic N) is 1. The number of aliphatic imine (C=N–C) groups is 1. The zero-order chi connectivity index (χ0) is 20.4. The summed E-state index contributed by atoms with van der Waals surface area (Å²) in [5.41, 5.74) is 2.62. The van der Waals surface area contributed by atoms with Crippen molar-refractivity contribution in [3.8, 4) is 0 Å². The van der Waals surface area contributed by atoms with Crippen molar-refractivity contribution < 1.29 is 5.11 Å². The summed E-state index contributed by atoms with van der Waals surface area (Å²) in [5.74, 6) is 5.96. The summed E-state index contributed by atoms with van der Waals surface area (Å²) in [4.78, 5) is 5.07. The fourth-order valence-electron chi connectivity index (χ4n) is 9.54. The third kappa shape index (κ3) is 3.17. The van der Waals surface area contributed by atoms with Crippen LogP contribution in [0.2, 0.25) is 0 Å². The summed E-state index contributed by atoms with van der Waals surface area (Å²) in [5, 5.41) is 10.3. The van der Waals surface area contributed by atoms with Gasteiger partial charge in [0.15, 0.2) is 0 Å². The average molecular weight is 400 g/mol. The number of fused-ring (bicyclic) bond motifs is 5. The Balaban J connectivity index is 1.36. The van der Waals surface area contributed by atoms with Gasteiger partial charge < -0.3 is 5.11 Å². The first-order valence-electron chi connectivity index (χ1n) is 13.0. The molecule has 0 bridgehead atoms. The molecule has 10 atom stereocenters. The van der Waals surface area contributed by atoms with Crippen molar-refractivity contribution in [2.75, 3.05) is 6.54 Å². The molecule has 0 unspecified atom stereocenters. The normalized spacial score (nSPS) is 53.4. The van der Waals surface area contributed by atoms with Gasteiger partial charge in [-0.2, -0.15) is 0 Å². The number of hydrogen-bond acceptors (Lipinski definition) is 2. The Morgan fingerprint density at radius 2 is 1.69 bits per heavy atom. The molecule has 29 heavy (non-hydrogen) atoms. The van der Waals surface area contributed by atoms with Crippen LogP contribution < -0.4 is 0 Å². The number of aliphatic hydroxyl groups excluding tert-OH is 1. The van der Waals surface area contributed by atoms with E-state index in [1.807, 2.05) is 0 Å². The van der Waals surface area contributed by atoms with Gasteiger partial charge >= 0.3 is 0 Å². The molecule has 1 N–H and O–H groups in total. The topological polar surface area (TPSA) is 32.6 Å². The molecule has 164 valence electrons. The van der Waals surface area contributed by atoms with Gasteiger partial charge in [-0.1, -0.05) is 27.7 Å². The van der Waals surface area contributed by atoms with Crippen molar-refractivity contribution in [1.29, 1.82) is 0 Å². The molecule has 1 heterocycles. The third-order valence-corrected chi connectivity index (χ3v) is 11.3. The van der Waals surface area contributed by atoms with Crippen LogP contribution in [0.3, 0.4) is 0 Å². The Morgan fingerprint density at radius 1 is 0.931 bits per heavy atom. The fraction of sp³-hybridized carbons (Fsp3) is 0.963. The molecule has 0 amide bonds. The first kappa shape index (κ1) is 20.5. The second-order valence-corrected chi connectivity index (χ2v) is 12.6. The first-order valence-corrected chi connectivity index (χ1v) is 13.0. The Labute approximate surface area is 179 Å². The van der Waals surface area contributed by atoms with Crippen LogP contribution in [-0.2, 0) is 0 Å². The van der Waals surface area contributed by atoms with E-state index < -0.39 is 0 Å². The lowest BCUT2D eigenvalue weighted by atomic mass is 9.44. The molecule has 0 aromatic rings. The lowest BCUT2D eigenvalue weighted by Crippen LogP contribution is -2.54. The lowest BCUT2D eigenvalue weighted by Gasteiger charge is -2.61. The van der Waals surface area contributed by atoms with Crippen molar-refractivity contribution in [3.05, 3.63) is 0 Å². The smallest absolute Gasteiger partial charge is 0.0543 e. The van der Waals surface area contributed by atoms with E-state index >= 15 is 0 Å². The van der Waals surface area contributed by atoms with Gasteiger partial charge in [-0.25, -0.2) is 0 Å². The van der Waals surface area contributed by atoms with Gasteiger partial charge in [-0.3, -0.25) is 4.99 Å².